The zero-order valence-corrected chi connectivity index (χ0v) is 12.1. The number of hydrogen-bond acceptors (Lipinski definition) is 4. The van der Waals surface area contributed by atoms with Crippen LogP contribution in [0.1, 0.15) is 17.1 Å². The number of fused-ring (bicyclic) bond motifs is 1. The fourth-order valence-electron chi connectivity index (χ4n) is 2.45. The second-order valence-electron chi connectivity index (χ2n) is 5.20. The van der Waals surface area contributed by atoms with Crippen LogP contribution in [0.25, 0.3) is 5.65 Å². The molecule has 0 amide bonds. The van der Waals surface area contributed by atoms with Crippen LogP contribution >= 0.6 is 0 Å². The number of rotatable bonds is 4. The van der Waals surface area contributed by atoms with E-state index in [2.05, 4.69) is 9.88 Å². The molecule has 0 aliphatic carbocycles. The molecule has 3 heterocycles. The molecule has 5 heteroatoms. The first kappa shape index (κ1) is 13.6. The molecule has 0 saturated heterocycles. The van der Waals surface area contributed by atoms with Crippen LogP contribution in [-0.2, 0) is 13.1 Å². The zero-order valence-electron chi connectivity index (χ0n) is 12.1. The van der Waals surface area contributed by atoms with Crippen LogP contribution in [-0.4, -0.2) is 21.3 Å². The summed E-state index contributed by atoms with van der Waals surface area (Å²) < 4.78 is 6.94. The number of hydrogen-bond donors (Lipinski definition) is 0. The quantitative estimate of drug-likeness (QED) is 0.737. The van der Waals surface area contributed by atoms with E-state index in [4.69, 9.17) is 4.42 Å². The highest BCUT2D eigenvalue weighted by atomic mass is 16.3. The Morgan fingerprint density at radius 2 is 2.10 bits per heavy atom. The highest BCUT2D eigenvalue weighted by Crippen LogP contribution is 2.08. The van der Waals surface area contributed by atoms with Gasteiger partial charge in [-0.15, -0.1) is 0 Å². The second kappa shape index (κ2) is 5.54. The lowest BCUT2D eigenvalue weighted by Crippen LogP contribution is -2.22. The van der Waals surface area contributed by atoms with E-state index >= 15 is 0 Å². The van der Waals surface area contributed by atoms with E-state index in [0.717, 1.165) is 17.1 Å². The van der Waals surface area contributed by atoms with Gasteiger partial charge in [-0.25, -0.2) is 4.98 Å². The molecule has 0 saturated carbocycles. The number of aromatic nitrogens is 2. The molecule has 0 unspecified atom stereocenters. The molecule has 0 aliphatic heterocycles. The Bertz CT molecular complexity index is 806. The lowest BCUT2D eigenvalue weighted by molar-refractivity contribution is 0.285. The zero-order chi connectivity index (χ0) is 14.8. The minimum atomic E-state index is -0.0421. The Morgan fingerprint density at radius 1 is 1.24 bits per heavy atom. The van der Waals surface area contributed by atoms with Gasteiger partial charge in [-0.1, -0.05) is 6.07 Å². The van der Waals surface area contributed by atoms with Gasteiger partial charge in [-0.2, -0.15) is 0 Å². The van der Waals surface area contributed by atoms with E-state index in [-0.39, 0.29) is 5.56 Å². The summed E-state index contributed by atoms with van der Waals surface area (Å²) in [7, 11) is 1.97. The van der Waals surface area contributed by atoms with Crippen molar-refractivity contribution < 1.29 is 4.42 Å². The standard InChI is InChI=1S/C16H17N3O2/c1-12-5-3-7-15-17-13(9-16(20)19(12)15)10-18(2)11-14-6-4-8-21-14/h3-9H,10-11H2,1-2H3. The summed E-state index contributed by atoms with van der Waals surface area (Å²) in [6.45, 7) is 3.18. The number of nitrogens with zero attached hydrogens (tertiary/aromatic N) is 3. The largest absolute Gasteiger partial charge is 0.468 e. The SMILES string of the molecule is Cc1cccc2nc(CN(C)Cc3ccco3)cc(=O)n12. The van der Waals surface area contributed by atoms with E-state index < -0.39 is 0 Å². The normalized spacial score (nSPS) is 11.4. The highest BCUT2D eigenvalue weighted by molar-refractivity contribution is 5.40. The molecule has 0 bridgehead atoms. The second-order valence-corrected chi connectivity index (χ2v) is 5.20. The van der Waals surface area contributed by atoms with Crippen molar-refractivity contribution >= 4 is 5.65 Å². The number of furan rings is 1. The maximum absolute atomic E-state index is 12.2. The average molecular weight is 283 g/mol. The smallest absolute Gasteiger partial charge is 0.258 e. The Balaban J connectivity index is 1.86. The van der Waals surface area contributed by atoms with E-state index in [0.29, 0.717) is 18.7 Å². The summed E-state index contributed by atoms with van der Waals surface area (Å²) in [5, 5.41) is 0. The van der Waals surface area contributed by atoms with Crippen molar-refractivity contribution in [1.29, 1.82) is 0 Å². The van der Waals surface area contributed by atoms with Gasteiger partial charge in [-0.3, -0.25) is 14.1 Å². The van der Waals surface area contributed by atoms with Crippen molar-refractivity contribution in [3.8, 4) is 0 Å². The number of pyridine rings is 1. The third-order valence-electron chi connectivity index (χ3n) is 3.37. The fraction of sp³-hybridized carbons (Fsp3) is 0.250. The van der Waals surface area contributed by atoms with Crippen LogP contribution < -0.4 is 5.56 Å². The first-order valence-corrected chi connectivity index (χ1v) is 6.83. The molecule has 3 rings (SSSR count). The molecule has 0 fully saturated rings. The summed E-state index contributed by atoms with van der Waals surface area (Å²) in [4.78, 5) is 18.8. The molecule has 0 atom stereocenters. The van der Waals surface area contributed by atoms with Crippen molar-refractivity contribution in [2.24, 2.45) is 0 Å². The summed E-state index contributed by atoms with van der Waals surface area (Å²) >= 11 is 0. The third kappa shape index (κ3) is 2.87. The van der Waals surface area contributed by atoms with Gasteiger partial charge in [0.15, 0.2) is 0 Å². The van der Waals surface area contributed by atoms with E-state index in [1.165, 1.54) is 0 Å². The van der Waals surface area contributed by atoms with Crippen molar-refractivity contribution in [2.45, 2.75) is 20.0 Å². The van der Waals surface area contributed by atoms with Crippen molar-refractivity contribution in [3.05, 3.63) is 70.2 Å². The predicted octanol–water partition coefficient (Wildman–Crippen LogP) is 2.23. The first-order chi connectivity index (χ1) is 10.1. The molecule has 0 aromatic carbocycles. The highest BCUT2D eigenvalue weighted by Gasteiger charge is 2.08. The van der Waals surface area contributed by atoms with Crippen molar-refractivity contribution in [3.63, 3.8) is 0 Å². The summed E-state index contributed by atoms with van der Waals surface area (Å²) in [5.41, 5.74) is 2.29. The maximum Gasteiger partial charge on any atom is 0.258 e. The Kier molecular flexibility index (Phi) is 3.58. The van der Waals surface area contributed by atoms with E-state index in [9.17, 15) is 4.79 Å². The molecule has 21 heavy (non-hydrogen) atoms. The Labute approximate surface area is 122 Å². The van der Waals surface area contributed by atoms with Crippen molar-refractivity contribution in [2.75, 3.05) is 7.05 Å². The molecule has 108 valence electrons. The molecular formula is C16H17N3O2. The third-order valence-corrected chi connectivity index (χ3v) is 3.37. The topological polar surface area (TPSA) is 50.8 Å². The maximum atomic E-state index is 12.2. The summed E-state index contributed by atoms with van der Waals surface area (Å²) in [6.07, 6.45) is 1.66. The lowest BCUT2D eigenvalue weighted by atomic mass is 10.3. The van der Waals surface area contributed by atoms with Gasteiger partial charge in [0.05, 0.1) is 18.5 Å². The monoisotopic (exact) mass is 283 g/mol. The van der Waals surface area contributed by atoms with Crippen LogP contribution in [0.4, 0.5) is 0 Å². The molecular weight excluding hydrogens is 266 g/mol. The average Bonchev–Trinajstić information content (AvgIpc) is 2.90. The number of aryl methyl sites for hydroxylation is 1. The van der Waals surface area contributed by atoms with Crippen LogP contribution in [0, 0.1) is 6.92 Å². The van der Waals surface area contributed by atoms with Crippen LogP contribution in [0.15, 0.2) is 51.9 Å². The molecule has 0 radical (unpaired) electrons. The van der Waals surface area contributed by atoms with Crippen LogP contribution in [0.3, 0.4) is 0 Å². The molecule has 3 aromatic rings. The van der Waals surface area contributed by atoms with Gasteiger partial charge in [0.25, 0.3) is 5.56 Å². The van der Waals surface area contributed by atoms with Gasteiger partial charge >= 0.3 is 0 Å². The predicted molar refractivity (Wildman–Crippen MR) is 80.1 cm³/mol. The lowest BCUT2D eigenvalue weighted by Gasteiger charge is -2.15. The molecule has 5 nitrogen and oxygen atoms in total. The van der Waals surface area contributed by atoms with Crippen LogP contribution in [0.2, 0.25) is 0 Å². The van der Waals surface area contributed by atoms with Crippen LogP contribution in [0.5, 0.6) is 0 Å². The van der Waals surface area contributed by atoms with Gasteiger partial charge in [0.2, 0.25) is 0 Å². The first-order valence-electron chi connectivity index (χ1n) is 6.83. The van der Waals surface area contributed by atoms with Gasteiger partial charge in [0, 0.05) is 18.3 Å². The van der Waals surface area contributed by atoms with Gasteiger partial charge in [-0.05, 0) is 38.2 Å². The van der Waals surface area contributed by atoms with Gasteiger partial charge in [0.1, 0.15) is 11.4 Å². The van der Waals surface area contributed by atoms with Crippen molar-refractivity contribution in [1.82, 2.24) is 14.3 Å². The molecule has 3 aromatic heterocycles. The summed E-state index contributed by atoms with van der Waals surface area (Å²) in [6, 6.07) is 11.1. The van der Waals surface area contributed by atoms with E-state index in [1.54, 1.807) is 16.7 Å². The fourth-order valence-corrected chi connectivity index (χ4v) is 2.45. The Morgan fingerprint density at radius 3 is 2.86 bits per heavy atom. The molecule has 0 aliphatic rings. The summed E-state index contributed by atoms with van der Waals surface area (Å²) in [5.74, 6) is 0.894. The van der Waals surface area contributed by atoms with Gasteiger partial charge < -0.3 is 4.42 Å². The van der Waals surface area contributed by atoms with E-state index in [1.807, 2.05) is 44.3 Å². The molecule has 0 N–H and O–H groups in total. The Hall–Kier alpha value is -2.40. The minimum absolute atomic E-state index is 0.0421. The minimum Gasteiger partial charge on any atom is -0.468 e. The molecule has 0 spiro atoms.